The van der Waals surface area contributed by atoms with Gasteiger partial charge in [-0.3, -0.25) is 14.4 Å². The molecule has 0 bridgehead atoms. The molecule has 1 rings (SSSR count). The smallest absolute Gasteiger partial charge is 0.288 e. The van der Waals surface area contributed by atoms with Gasteiger partial charge in [0.2, 0.25) is 11.7 Å². The van der Waals surface area contributed by atoms with Crippen molar-refractivity contribution in [1.29, 1.82) is 0 Å². The lowest BCUT2D eigenvalue weighted by atomic mass is 9.94. The number of carbonyl (C=O) groups excluding carboxylic acids is 3. The van der Waals surface area contributed by atoms with E-state index in [0.29, 0.717) is 26.1 Å². The van der Waals surface area contributed by atoms with E-state index in [9.17, 15) is 14.4 Å². The van der Waals surface area contributed by atoms with Crippen molar-refractivity contribution in [1.82, 2.24) is 10.6 Å². The highest BCUT2D eigenvalue weighted by atomic mass is 16.5. The first-order chi connectivity index (χ1) is 8.97. The molecule has 1 aliphatic heterocycles. The van der Waals surface area contributed by atoms with Gasteiger partial charge < -0.3 is 15.4 Å². The summed E-state index contributed by atoms with van der Waals surface area (Å²) in [5, 5.41) is 5.01. The standard InChI is InChI=1S/C13H22N2O4/c1-8(2)10(12(17)14-3)15-13(18)11(16)9-4-6-19-7-5-9/h8-10H,4-7H2,1-3H3,(H,14,17)(H,15,18)/t10-/m0/s1. The maximum atomic E-state index is 12.0. The minimum absolute atomic E-state index is 0.0774. The number of ether oxygens (including phenoxy) is 1. The number of hydrogen-bond acceptors (Lipinski definition) is 4. The van der Waals surface area contributed by atoms with E-state index in [1.807, 2.05) is 13.8 Å². The molecule has 0 saturated carbocycles. The van der Waals surface area contributed by atoms with Crippen LogP contribution in [-0.2, 0) is 19.1 Å². The lowest BCUT2D eigenvalue weighted by Crippen LogP contribution is -2.51. The normalized spacial score (nSPS) is 17.9. The van der Waals surface area contributed by atoms with E-state index in [2.05, 4.69) is 10.6 Å². The highest BCUT2D eigenvalue weighted by molar-refractivity contribution is 6.37. The first-order valence-electron chi connectivity index (χ1n) is 6.61. The molecule has 0 aromatic rings. The van der Waals surface area contributed by atoms with Gasteiger partial charge in [-0.05, 0) is 18.8 Å². The van der Waals surface area contributed by atoms with Crippen LogP contribution < -0.4 is 10.6 Å². The van der Waals surface area contributed by atoms with Gasteiger partial charge in [0.25, 0.3) is 5.91 Å². The molecule has 1 fully saturated rings. The van der Waals surface area contributed by atoms with Gasteiger partial charge in [-0.2, -0.15) is 0 Å². The Bertz CT molecular complexity index is 349. The van der Waals surface area contributed by atoms with Gasteiger partial charge >= 0.3 is 0 Å². The van der Waals surface area contributed by atoms with Gasteiger partial charge in [-0.15, -0.1) is 0 Å². The van der Waals surface area contributed by atoms with E-state index in [4.69, 9.17) is 4.74 Å². The molecule has 6 heteroatoms. The minimum Gasteiger partial charge on any atom is -0.381 e. The fourth-order valence-electron chi connectivity index (χ4n) is 2.05. The van der Waals surface area contributed by atoms with E-state index in [-0.39, 0.29) is 17.7 Å². The van der Waals surface area contributed by atoms with Crippen LogP contribution in [0.4, 0.5) is 0 Å². The zero-order chi connectivity index (χ0) is 14.4. The van der Waals surface area contributed by atoms with Crippen molar-refractivity contribution in [3.63, 3.8) is 0 Å². The highest BCUT2D eigenvalue weighted by Crippen LogP contribution is 2.16. The van der Waals surface area contributed by atoms with Crippen molar-refractivity contribution >= 4 is 17.6 Å². The molecular formula is C13H22N2O4. The molecule has 0 radical (unpaired) electrons. The topological polar surface area (TPSA) is 84.5 Å². The highest BCUT2D eigenvalue weighted by Gasteiger charge is 2.31. The van der Waals surface area contributed by atoms with Gasteiger partial charge in [0.05, 0.1) is 0 Å². The number of carbonyl (C=O) groups is 3. The van der Waals surface area contributed by atoms with Gasteiger partial charge in [-0.25, -0.2) is 0 Å². The lowest BCUT2D eigenvalue weighted by molar-refractivity contribution is -0.143. The van der Waals surface area contributed by atoms with Crippen molar-refractivity contribution in [3.8, 4) is 0 Å². The molecule has 6 nitrogen and oxygen atoms in total. The van der Waals surface area contributed by atoms with Gasteiger partial charge in [0.1, 0.15) is 6.04 Å². The van der Waals surface area contributed by atoms with Gasteiger partial charge in [-0.1, -0.05) is 13.8 Å². The summed E-state index contributed by atoms with van der Waals surface area (Å²) >= 11 is 0. The number of Topliss-reactive ketones (excluding diaryl/α,β-unsaturated/α-hetero) is 1. The molecule has 1 aliphatic rings. The van der Waals surface area contributed by atoms with Crippen molar-refractivity contribution in [2.24, 2.45) is 11.8 Å². The van der Waals surface area contributed by atoms with Crippen molar-refractivity contribution in [2.45, 2.75) is 32.7 Å². The second kappa shape index (κ2) is 7.23. The molecular weight excluding hydrogens is 248 g/mol. The zero-order valence-corrected chi connectivity index (χ0v) is 11.7. The predicted octanol–water partition coefficient (Wildman–Crippen LogP) is -0.131. The average molecular weight is 270 g/mol. The molecule has 0 aliphatic carbocycles. The summed E-state index contributed by atoms with van der Waals surface area (Å²) in [6.45, 7) is 4.65. The third kappa shape index (κ3) is 4.31. The van der Waals surface area contributed by atoms with E-state index >= 15 is 0 Å². The molecule has 0 spiro atoms. The van der Waals surface area contributed by atoms with Crippen LogP contribution in [0, 0.1) is 11.8 Å². The van der Waals surface area contributed by atoms with E-state index in [1.54, 1.807) is 0 Å². The summed E-state index contributed by atoms with van der Waals surface area (Å²) in [4.78, 5) is 35.5. The SMILES string of the molecule is CNC(=O)[C@@H](NC(=O)C(=O)C1CCOCC1)C(C)C. The third-order valence-corrected chi connectivity index (χ3v) is 3.30. The van der Waals surface area contributed by atoms with Gasteiger partial charge in [0, 0.05) is 26.2 Å². The maximum absolute atomic E-state index is 12.0. The van der Waals surface area contributed by atoms with Crippen LogP contribution in [0.25, 0.3) is 0 Å². The van der Waals surface area contributed by atoms with Crippen molar-refractivity contribution in [2.75, 3.05) is 20.3 Å². The Labute approximate surface area is 113 Å². The second-order valence-corrected chi connectivity index (χ2v) is 5.06. The molecule has 1 atom stereocenters. The van der Waals surface area contributed by atoms with Crippen LogP contribution in [0.15, 0.2) is 0 Å². The predicted molar refractivity (Wildman–Crippen MR) is 69.4 cm³/mol. The lowest BCUT2D eigenvalue weighted by Gasteiger charge is -2.23. The Kier molecular flexibility index (Phi) is 5.95. The van der Waals surface area contributed by atoms with Crippen molar-refractivity contribution in [3.05, 3.63) is 0 Å². The Morgan fingerprint density at radius 1 is 1.16 bits per heavy atom. The number of nitrogens with one attached hydrogen (secondary N) is 2. The Hall–Kier alpha value is -1.43. The van der Waals surface area contributed by atoms with Crippen LogP contribution in [0.2, 0.25) is 0 Å². The quantitative estimate of drug-likeness (QED) is 0.682. The van der Waals surface area contributed by atoms with E-state index in [0.717, 1.165) is 0 Å². The monoisotopic (exact) mass is 270 g/mol. The summed E-state index contributed by atoms with van der Waals surface area (Å²) in [5.74, 6) is -1.77. The van der Waals surface area contributed by atoms with Crippen LogP contribution in [0.1, 0.15) is 26.7 Å². The van der Waals surface area contributed by atoms with Crippen LogP contribution >= 0.6 is 0 Å². The molecule has 108 valence electrons. The molecule has 19 heavy (non-hydrogen) atoms. The van der Waals surface area contributed by atoms with Crippen LogP contribution in [-0.4, -0.2) is 43.9 Å². The van der Waals surface area contributed by atoms with E-state index < -0.39 is 17.7 Å². The van der Waals surface area contributed by atoms with Crippen LogP contribution in [0.3, 0.4) is 0 Å². The molecule has 2 amide bonds. The number of rotatable bonds is 5. The second-order valence-electron chi connectivity index (χ2n) is 5.06. The average Bonchev–Trinajstić information content (AvgIpc) is 2.43. The largest absolute Gasteiger partial charge is 0.381 e. The number of ketones is 1. The summed E-state index contributed by atoms with van der Waals surface area (Å²) in [7, 11) is 1.50. The Morgan fingerprint density at radius 2 is 1.74 bits per heavy atom. The third-order valence-electron chi connectivity index (χ3n) is 3.30. The first kappa shape index (κ1) is 15.6. The number of likely N-dealkylation sites (N-methyl/N-ethyl adjacent to an activating group) is 1. The fraction of sp³-hybridized carbons (Fsp3) is 0.769. The number of hydrogen-bond donors (Lipinski definition) is 2. The first-order valence-corrected chi connectivity index (χ1v) is 6.61. The fourth-order valence-corrected chi connectivity index (χ4v) is 2.05. The van der Waals surface area contributed by atoms with Crippen LogP contribution in [0.5, 0.6) is 0 Å². The molecule has 0 aromatic carbocycles. The summed E-state index contributed by atoms with van der Waals surface area (Å²) < 4.78 is 5.16. The molecule has 1 saturated heterocycles. The minimum atomic E-state index is -0.679. The maximum Gasteiger partial charge on any atom is 0.288 e. The Morgan fingerprint density at radius 3 is 2.21 bits per heavy atom. The summed E-state index contributed by atoms with van der Waals surface area (Å²) in [5.41, 5.74) is 0. The van der Waals surface area contributed by atoms with Gasteiger partial charge in [0.15, 0.2) is 0 Å². The molecule has 2 N–H and O–H groups in total. The summed E-state index contributed by atoms with van der Waals surface area (Å²) in [6, 6.07) is -0.679. The molecule has 1 heterocycles. The summed E-state index contributed by atoms with van der Waals surface area (Å²) in [6.07, 6.45) is 1.14. The van der Waals surface area contributed by atoms with E-state index in [1.165, 1.54) is 7.05 Å². The molecule has 0 unspecified atom stereocenters. The Balaban J connectivity index is 2.60. The van der Waals surface area contributed by atoms with Crippen molar-refractivity contribution < 1.29 is 19.1 Å². The number of amides is 2. The molecule has 0 aromatic heterocycles. The zero-order valence-electron chi connectivity index (χ0n) is 11.7.